The van der Waals surface area contributed by atoms with E-state index in [1.807, 2.05) is 25.8 Å². The number of nitrogens with zero attached hydrogens (tertiary/aromatic N) is 2. The van der Waals surface area contributed by atoms with E-state index in [0.717, 1.165) is 0 Å². The minimum atomic E-state index is -0.521. The fourth-order valence-corrected chi connectivity index (χ4v) is 0.619. The quantitative estimate of drug-likeness (QED) is 0.666. The lowest BCUT2D eigenvalue weighted by atomic mass is 10.4. The van der Waals surface area contributed by atoms with E-state index in [1.165, 1.54) is 0 Å². The van der Waals surface area contributed by atoms with Gasteiger partial charge in [-0.05, 0) is 19.0 Å². The molecule has 0 bridgehead atoms. The molecule has 0 aliphatic carbocycles. The third-order valence-corrected chi connectivity index (χ3v) is 1.54. The molecule has 11 heavy (non-hydrogen) atoms. The molecule has 0 aliphatic rings. The smallest absolute Gasteiger partial charge is 0.340 e. The Morgan fingerprint density at radius 1 is 1.64 bits per heavy atom. The van der Waals surface area contributed by atoms with Crippen LogP contribution in [0.1, 0.15) is 13.8 Å². The SMILES string of the molecule is CC(C)N(C)c1noc(=O)[nH]1. The first kappa shape index (κ1) is 7.84. The van der Waals surface area contributed by atoms with Crippen LogP contribution in [-0.2, 0) is 0 Å². The molecule has 5 heteroatoms. The van der Waals surface area contributed by atoms with Gasteiger partial charge in [-0.25, -0.2) is 4.79 Å². The molecule has 0 spiro atoms. The summed E-state index contributed by atoms with van der Waals surface area (Å²) >= 11 is 0. The Morgan fingerprint density at radius 3 is 2.64 bits per heavy atom. The normalized spacial score (nSPS) is 10.5. The van der Waals surface area contributed by atoms with Crippen molar-refractivity contribution >= 4 is 5.95 Å². The van der Waals surface area contributed by atoms with E-state index in [2.05, 4.69) is 14.7 Å². The standard InChI is InChI=1S/C6H11N3O2/c1-4(2)9(3)5-7-6(10)11-8-5/h4H,1-3H3,(H,7,8,10). The lowest BCUT2D eigenvalue weighted by Crippen LogP contribution is -2.27. The summed E-state index contributed by atoms with van der Waals surface area (Å²) in [5.74, 6) is -0.0579. The number of aromatic nitrogens is 2. The van der Waals surface area contributed by atoms with Gasteiger partial charge in [0.05, 0.1) is 0 Å². The van der Waals surface area contributed by atoms with E-state index in [-0.39, 0.29) is 6.04 Å². The molecule has 0 fully saturated rings. The van der Waals surface area contributed by atoms with Crippen LogP contribution in [0.2, 0.25) is 0 Å². The molecule has 0 saturated carbocycles. The van der Waals surface area contributed by atoms with Crippen molar-refractivity contribution in [2.75, 3.05) is 11.9 Å². The Hall–Kier alpha value is -1.26. The first-order valence-corrected chi connectivity index (χ1v) is 3.40. The highest BCUT2D eigenvalue weighted by molar-refractivity contribution is 5.25. The van der Waals surface area contributed by atoms with Gasteiger partial charge in [-0.3, -0.25) is 9.51 Å². The van der Waals surface area contributed by atoms with E-state index >= 15 is 0 Å². The average molecular weight is 157 g/mol. The van der Waals surface area contributed by atoms with Gasteiger partial charge in [-0.2, -0.15) is 0 Å². The molecule has 1 N–H and O–H groups in total. The van der Waals surface area contributed by atoms with Crippen LogP contribution in [0.3, 0.4) is 0 Å². The van der Waals surface area contributed by atoms with Crippen LogP contribution in [0.4, 0.5) is 5.95 Å². The van der Waals surface area contributed by atoms with Crippen LogP contribution in [-0.4, -0.2) is 23.2 Å². The van der Waals surface area contributed by atoms with Gasteiger partial charge in [0.1, 0.15) is 0 Å². The number of H-pyrrole nitrogens is 1. The Labute approximate surface area is 64.0 Å². The molecule has 0 atom stereocenters. The van der Waals surface area contributed by atoms with Crippen molar-refractivity contribution in [3.8, 4) is 0 Å². The molecule has 0 saturated heterocycles. The summed E-state index contributed by atoms with van der Waals surface area (Å²) in [6.07, 6.45) is 0. The van der Waals surface area contributed by atoms with Gasteiger partial charge < -0.3 is 4.90 Å². The van der Waals surface area contributed by atoms with Crippen molar-refractivity contribution in [1.29, 1.82) is 0 Å². The van der Waals surface area contributed by atoms with Crippen molar-refractivity contribution < 1.29 is 4.52 Å². The lowest BCUT2D eigenvalue weighted by Gasteiger charge is -2.18. The third-order valence-electron chi connectivity index (χ3n) is 1.54. The molecule has 1 heterocycles. The average Bonchev–Trinajstić information content (AvgIpc) is 2.34. The number of anilines is 1. The number of hydrogen-bond acceptors (Lipinski definition) is 4. The van der Waals surface area contributed by atoms with E-state index in [9.17, 15) is 4.79 Å². The van der Waals surface area contributed by atoms with Crippen LogP contribution < -0.4 is 10.7 Å². The van der Waals surface area contributed by atoms with Gasteiger partial charge in [0.15, 0.2) is 0 Å². The minimum Gasteiger partial charge on any atom is -0.340 e. The Morgan fingerprint density at radius 2 is 2.27 bits per heavy atom. The number of hydrogen-bond donors (Lipinski definition) is 1. The zero-order valence-corrected chi connectivity index (χ0v) is 6.79. The molecule has 0 radical (unpaired) electrons. The summed E-state index contributed by atoms with van der Waals surface area (Å²) in [6.45, 7) is 3.99. The molecular weight excluding hydrogens is 146 g/mol. The largest absolute Gasteiger partial charge is 0.440 e. The first-order valence-electron chi connectivity index (χ1n) is 3.40. The molecule has 0 amide bonds. The van der Waals surface area contributed by atoms with Crippen molar-refractivity contribution in [1.82, 2.24) is 10.1 Å². The molecule has 5 nitrogen and oxygen atoms in total. The summed E-state index contributed by atoms with van der Waals surface area (Å²) in [6, 6.07) is 0.288. The third kappa shape index (κ3) is 1.60. The molecular formula is C6H11N3O2. The maximum Gasteiger partial charge on any atom is 0.440 e. The molecule has 0 aliphatic heterocycles. The topological polar surface area (TPSA) is 62.1 Å². The first-order chi connectivity index (χ1) is 5.11. The monoisotopic (exact) mass is 157 g/mol. The van der Waals surface area contributed by atoms with E-state index in [4.69, 9.17) is 0 Å². The number of rotatable bonds is 2. The van der Waals surface area contributed by atoms with Gasteiger partial charge >= 0.3 is 5.76 Å². The van der Waals surface area contributed by atoms with Gasteiger partial charge in [0.2, 0.25) is 5.95 Å². The maximum absolute atomic E-state index is 10.5. The highest BCUT2D eigenvalue weighted by Crippen LogP contribution is 2.03. The van der Waals surface area contributed by atoms with Gasteiger partial charge in [0, 0.05) is 13.1 Å². The van der Waals surface area contributed by atoms with Crippen molar-refractivity contribution in [3.05, 3.63) is 10.6 Å². The van der Waals surface area contributed by atoms with Crippen LogP contribution in [0.25, 0.3) is 0 Å². The maximum atomic E-state index is 10.5. The lowest BCUT2D eigenvalue weighted by molar-refractivity contribution is 0.386. The predicted octanol–water partition coefficient (Wildman–Crippen LogP) is 0.208. The fourth-order valence-electron chi connectivity index (χ4n) is 0.619. The molecule has 0 unspecified atom stereocenters. The summed E-state index contributed by atoms with van der Waals surface area (Å²) in [7, 11) is 1.83. The van der Waals surface area contributed by atoms with Crippen LogP contribution in [0.15, 0.2) is 9.32 Å². The van der Waals surface area contributed by atoms with E-state index in [0.29, 0.717) is 5.95 Å². The second-order valence-corrected chi connectivity index (χ2v) is 2.62. The predicted molar refractivity (Wildman–Crippen MR) is 40.7 cm³/mol. The van der Waals surface area contributed by atoms with Crippen molar-refractivity contribution in [2.45, 2.75) is 19.9 Å². The molecule has 1 rings (SSSR count). The molecule has 1 aromatic heterocycles. The van der Waals surface area contributed by atoms with Crippen molar-refractivity contribution in [2.24, 2.45) is 0 Å². The Kier molecular flexibility index (Phi) is 1.98. The number of aromatic amines is 1. The van der Waals surface area contributed by atoms with E-state index < -0.39 is 5.76 Å². The summed E-state index contributed by atoms with van der Waals surface area (Å²) in [5.41, 5.74) is 0. The second kappa shape index (κ2) is 2.77. The van der Waals surface area contributed by atoms with Crippen molar-refractivity contribution in [3.63, 3.8) is 0 Å². The van der Waals surface area contributed by atoms with Gasteiger partial charge in [-0.15, -0.1) is 0 Å². The fraction of sp³-hybridized carbons (Fsp3) is 0.667. The van der Waals surface area contributed by atoms with Crippen LogP contribution in [0.5, 0.6) is 0 Å². The number of nitrogens with one attached hydrogen (secondary N) is 1. The zero-order chi connectivity index (χ0) is 8.43. The summed E-state index contributed by atoms with van der Waals surface area (Å²) in [5, 5.41) is 3.52. The van der Waals surface area contributed by atoms with Gasteiger partial charge in [-0.1, -0.05) is 0 Å². The zero-order valence-electron chi connectivity index (χ0n) is 6.79. The minimum absolute atomic E-state index is 0.288. The second-order valence-electron chi connectivity index (χ2n) is 2.62. The summed E-state index contributed by atoms with van der Waals surface area (Å²) < 4.78 is 4.33. The van der Waals surface area contributed by atoms with Crippen LogP contribution >= 0.6 is 0 Å². The summed E-state index contributed by atoms with van der Waals surface area (Å²) in [4.78, 5) is 14.8. The molecule has 0 aromatic carbocycles. The molecule has 1 aromatic rings. The van der Waals surface area contributed by atoms with Gasteiger partial charge in [0.25, 0.3) is 0 Å². The van der Waals surface area contributed by atoms with Crippen LogP contribution in [0, 0.1) is 0 Å². The van der Waals surface area contributed by atoms with E-state index in [1.54, 1.807) is 0 Å². The highest BCUT2D eigenvalue weighted by Gasteiger charge is 2.08. The Bertz CT molecular complexity index is 275. The Balaban J connectivity index is 2.84. The highest BCUT2D eigenvalue weighted by atomic mass is 16.5. The molecule has 62 valence electrons.